The van der Waals surface area contributed by atoms with Crippen LogP contribution in [-0.2, 0) is 6.54 Å². The molecule has 5 aromatic rings. The first-order valence-electron chi connectivity index (χ1n) is 13.8. The number of ether oxygens (including phenoxy) is 1. The van der Waals surface area contributed by atoms with Gasteiger partial charge in [0.15, 0.2) is 11.9 Å². The van der Waals surface area contributed by atoms with Crippen molar-refractivity contribution in [2.24, 2.45) is 0 Å². The number of carbonyl (C=O) groups excluding carboxylic acids is 2. The van der Waals surface area contributed by atoms with Crippen molar-refractivity contribution in [1.29, 1.82) is 0 Å². The third-order valence-electron chi connectivity index (χ3n) is 7.65. The Hall–Kier alpha value is -5.39. The zero-order valence-electron chi connectivity index (χ0n) is 23.4. The second-order valence-electron chi connectivity index (χ2n) is 10.3. The van der Waals surface area contributed by atoms with Crippen LogP contribution in [0.1, 0.15) is 45.2 Å². The number of nitrogens with zero attached hydrogens (tertiary/aromatic N) is 6. The van der Waals surface area contributed by atoms with E-state index in [2.05, 4.69) is 25.2 Å². The fourth-order valence-corrected chi connectivity index (χ4v) is 5.36. The number of pyridine rings is 1. The lowest BCUT2D eigenvalue weighted by Gasteiger charge is -2.33. The largest absolute Gasteiger partial charge is 0.496 e. The molecule has 0 spiro atoms. The first kappa shape index (κ1) is 27.8. The zero-order valence-corrected chi connectivity index (χ0v) is 23.4. The van der Waals surface area contributed by atoms with Crippen LogP contribution in [0, 0.1) is 5.82 Å². The van der Waals surface area contributed by atoms with Crippen LogP contribution >= 0.6 is 0 Å². The molecule has 0 unspecified atom stereocenters. The molecule has 0 radical (unpaired) electrons. The van der Waals surface area contributed by atoms with Gasteiger partial charge in [0.25, 0.3) is 5.91 Å². The highest BCUT2D eigenvalue weighted by atomic mass is 19.1. The quantitative estimate of drug-likeness (QED) is 0.258. The summed E-state index contributed by atoms with van der Waals surface area (Å²) >= 11 is 0. The van der Waals surface area contributed by atoms with Gasteiger partial charge in [-0.2, -0.15) is 5.10 Å². The molecule has 3 aromatic heterocycles. The van der Waals surface area contributed by atoms with Gasteiger partial charge in [-0.15, -0.1) is 0 Å². The summed E-state index contributed by atoms with van der Waals surface area (Å²) in [5, 5.41) is 8.48. The van der Waals surface area contributed by atoms with Crippen molar-refractivity contribution in [3.05, 3.63) is 89.6 Å². The fourth-order valence-electron chi connectivity index (χ4n) is 5.36. The highest BCUT2D eigenvalue weighted by Gasteiger charge is 2.26. The van der Waals surface area contributed by atoms with E-state index >= 15 is 0 Å². The number of piperidine rings is 1. The summed E-state index contributed by atoms with van der Waals surface area (Å²) in [6, 6.07) is 15.2. The van der Waals surface area contributed by atoms with Gasteiger partial charge in [0.1, 0.15) is 35.2 Å². The summed E-state index contributed by atoms with van der Waals surface area (Å²) in [6.07, 6.45) is 5.47. The minimum Gasteiger partial charge on any atom is -0.496 e. The van der Waals surface area contributed by atoms with E-state index in [-0.39, 0.29) is 18.2 Å². The van der Waals surface area contributed by atoms with Crippen molar-refractivity contribution in [1.82, 2.24) is 30.0 Å². The summed E-state index contributed by atoms with van der Waals surface area (Å²) in [5.41, 5.74) is 10.1. The molecule has 1 aliphatic rings. The number of aldehydes is 1. The average Bonchev–Trinajstić information content (AvgIpc) is 3.45. The van der Waals surface area contributed by atoms with Gasteiger partial charge in [-0.1, -0.05) is 24.3 Å². The zero-order chi connectivity index (χ0) is 29.9. The number of hydrogen-bond acceptors (Lipinski definition) is 9. The van der Waals surface area contributed by atoms with Crippen LogP contribution in [0.2, 0.25) is 0 Å². The van der Waals surface area contributed by atoms with E-state index in [1.165, 1.54) is 25.6 Å². The molecule has 1 saturated heterocycles. The number of amides is 1. The Balaban J connectivity index is 1.19. The molecule has 6 rings (SSSR count). The van der Waals surface area contributed by atoms with Crippen molar-refractivity contribution in [2.75, 3.05) is 30.8 Å². The molecule has 12 heteroatoms. The average molecular weight is 581 g/mol. The van der Waals surface area contributed by atoms with Gasteiger partial charge in [-0.25, -0.2) is 24.0 Å². The number of nitrogens with two attached hydrogens (primary N) is 1. The molecule has 0 saturated carbocycles. The number of hydrogen-bond donors (Lipinski definition) is 2. The summed E-state index contributed by atoms with van der Waals surface area (Å²) in [7, 11) is 1.43. The Morgan fingerprint density at radius 3 is 2.58 bits per heavy atom. The second kappa shape index (κ2) is 11.8. The minimum atomic E-state index is -0.516. The van der Waals surface area contributed by atoms with E-state index in [1.54, 1.807) is 12.3 Å². The highest BCUT2D eigenvalue weighted by Crippen LogP contribution is 2.34. The number of fused-ring (bicyclic) bond motifs is 1. The van der Waals surface area contributed by atoms with Gasteiger partial charge in [-0.05, 0) is 48.7 Å². The molecule has 1 fully saturated rings. The molecule has 11 nitrogen and oxygen atoms in total. The Kier molecular flexibility index (Phi) is 7.65. The Bertz CT molecular complexity index is 1780. The summed E-state index contributed by atoms with van der Waals surface area (Å²) in [6.45, 7) is 1.79. The molecule has 1 amide bonds. The minimum absolute atomic E-state index is 0.102. The Morgan fingerprint density at radius 1 is 1.09 bits per heavy atom. The number of nitrogen functional groups attached to an aromatic ring is 1. The lowest BCUT2D eigenvalue weighted by Crippen LogP contribution is -2.35. The molecule has 4 heterocycles. The monoisotopic (exact) mass is 580 g/mol. The molecule has 43 heavy (non-hydrogen) atoms. The van der Waals surface area contributed by atoms with E-state index in [1.807, 2.05) is 35.0 Å². The smallest absolute Gasteiger partial charge is 0.255 e. The van der Waals surface area contributed by atoms with Crippen molar-refractivity contribution >= 4 is 34.9 Å². The number of halogens is 1. The maximum Gasteiger partial charge on any atom is 0.255 e. The van der Waals surface area contributed by atoms with Crippen LogP contribution in [0.15, 0.2) is 67.1 Å². The number of nitrogens with one attached hydrogen (secondary N) is 1. The number of methoxy groups -OCH3 is 1. The summed E-state index contributed by atoms with van der Waals surface area (Å²) in [4.78, 5) is 39.0. The van der Waals surface area contributed by atoms with Crippen LogP contribution in [0.5, 0.6) is 5.75 Å². The van der Waals surface area contributed by atoms with Gasteiger partial charge in [-0.3, -0.25) is 9.59 Å². The molecular weight excluding hydrogens is 551 g/mol. The molecule has 0 aliphatic carbocycles. The number of carbonyl (C=O) groups is 2. The SMILES string of the molecule is COc1ccc(F)cc1C(=O)NCc1ccc(-c2nn(C3CCN(c4ccc(C=O)cn4)CC3)c3ncnc(N)c23)cc1. The van der Waals surface area contributed by atoms with Crippen LogP contribution < -0.4 is 20.7 Å². The van der Waals surface area contributed by atoms with Gasteiger partial charge >= 0.3 is 0 Å². The van der Waals surface area contributed by atoms with Gasteiger partial charge in [0.05, 0.1) is 24.1 Å². The molecule has 0 atom stereocenters. The molecule has 2 aromatic carbocycles. The van der Waals surface area contributed by atoms with Gasteiger partial charge in [0.2, 0.25) is 0 Å². The molecule has 1 aliphatic heterocycles. The van der Waals surface area contributed by atoms with E-state index in [4.69, 9.17) is 15.6 Å². The molecule has 218 valence electrons. The number of rotatable bonds is 8. The predicted molar refractivity (Wildman–Crippen MR) is 159 cm³/mol. The molecule has 3 N–H and O–H groups in total. The number of benzene rings is 2. The van der Waals surface area contributed by atoms with Crippen molar-refractivity contribution in [2.45, 2.75) is 25.4 Å². The normalized spacial score (nSPS) is 13.7. The van der Waals surface area contributed by atoms with E-state index in [9.17, 15) is 14.0 Å². The molecule has 0 bridgehead atoms. The van der Waals surface area contributed by atoms with Gasteiger partial charge < -0.3 is 20.7 Å². The molecular formula is C31H29FN8O3. The number of aromatic nitrogens is 5. The number of anilines is 2. The van der Waals surface area contributed by atoms with Crippen molar-refractivity contribution < 1.29 is 18.7 Å². The lowest BCUT2D eigenvalue weighted by molar-refractivity contribution is 0.0947. The highest BCUT2D eigenvalue weighted by molar-refractivity contribution is 5.98. The third kappa shape index (κ3) is 5.59. The third-order valence-corrected chi connectivity index (χ3v) is 7.65. The van der Waals surface area contributed by atoms with E-state index in [0.717, 1.165) is 55.2 Å². The van der Waals surface area contributed by atoms with Crippen molar-refractivity contribution in [3.63, 3.8) is 0 Å². The van der Waals surface area contributed by atoms with Crippen LogP contribution in [0.3, 0.4) is 0 Å². The van der Waals surface area contributed by atoms with Gasteiger partial charge in [0, 0.05) is 37.0 Å². The van der Waals surface area contributed by atoms with Crippen LogP contribution in [-0.4, -0.2) is 57.1 Å². The standard InChI is InChI=1S/C31H29FN8O3/c1-43-25-8-7-22(32)14-24(25)31(42)35-15-19-2-5-21(6-3-19)28-27-29(33)36-18-37-30(27)40(38-28)23-10-12-39(13-11-23)26-9-4-20(17-41)16-34-26/h2-9,14,16-18,23H,10-13,15H2,1H3,(H,35,42)(H2,33,36,37). The fraction of sp³-hybridized carbons (Fsp3) is 0.226. The van der Waals surface area contributed by atoms with Crippen LogP contribution in [0.25, 0.3) is 22.3 Å². The lowest BCUT2D eigenvalue weighted by atomic mass is 10.0. The summed E-state index contributed by atoms with van der Waals surface area (Å²) in [5.74, 6) is 0.539. The first-order chi connectivity index (χ1) is 20.9. The topological polar surface area (TPSA) is 141 Å². The maximum absolute atomic E-state index is 13.7. The van der Waals surface area contributed by atoms with E-state index < -0.39 is 11.7 Å². The van der Waals surface area contributed by atoms with Crippen LogP contribution in [0.4, 0.5) is 16.0 Å². The first-order valence-corrected chi connectivity index (χ1v) is 13.8. The Morgan fingerprint density at radius 2 is 1.88 bits per heavy atom. The Labute approximate surface area is 246 Å². The second-order valence-corrected chi connectivity index (χ2v) is 10.3. The maximum atomic E-state index is 13.7. The summed E-state index contributed by atoms with van der Waals surface area (Å²) < 4.78 is 20.8. The van der Waals surface area contributed by atoms with E-state index in [0.29, 0.717) is 33.9 Å². The predicted octanol–water partition coefficient (Wildman–Crippen LogP) is 4.20. The van der Waals surface area contributed by atoms with Crippen molar-refractivity contribution in [3.8, 4) is 17.0 Å².